The van der Waals surface area contributed by atoms with Gasteiger partial charge in [-0.15, -0.1) is 11.3 Å². The molecule has 6 nitrogen and oxygen atoms in total. The van der Waals surface area contributed by atoms with Crippen LogP contribution >= 0.6 is 11.3 Å². The molecule has 0 aromatic carbocycles. The van der Waals surface area contributed by atoms with Gasteiger partial charge in [-0.05, 0) is 62.1 Å². The van der Waals surface area contributed by atoms with Gasteiger partial charge in [0.1, 0.15) is 5.00 Å². The molecule has 2 aliphatic rings. The highest BCUT2D eigenvalue weighted by molar-refractivity contribution is 7.16. The van der Waals surface area contributed by atoms with E-state index in [-0.39, 0.29) is 11.9 Å². The lowest BCUT2D eigenvalue weighted by Gasteiger charge is -2.39. The predicted molar refractivity (Wildman–Crippen MR) is 127 cm³/mol. The first-order valence-corrected chi connectivity index (χ1v) is 12.4. The number of carbonyl (C=O) groups excluding carboxylic acids is 1. The highest BCUT2D eigenvalue weighted by Gasteiger charge is 2.34. The van der Waals surface area contributed by atoms with Crippen LogP contribution in [0.4, 0.5) is 5.00 Å². The van der Waals surface area contributed by atoms with Crippen molar-refractivity contribution in [2.24, 2.45) is 0 Å². The van der Waals surface area contributed by atoms with E-state index < -0.39 is 0 Å². The summed E-state index contributed by atoms with van der Waals surface area (Å²) in [4.78, 5) is 24.2. The second kappa shape index (κ2) is 9.57. The van der Waals surface area contributed by atoms with Crippen molar-refractivity contribution in [2.75, 3.05) is 38.0 Å². The smallest absolute Gasteiger partial charge is 0.291 e. The van der Waals surface area contributed by atoms with Crippen molar-refractivity contribution in [1.29, 1.82) is 0 Å². The Bertz CT molecular complexity index is 1040. The Morgan fingerprint density at radius 3 is 2.72 bits per heavy atom. The van der Waals surface area contributed by atoms with Gasteiger partial charge in [0, 0.05) is 42.8 Å². The zero-order valence-electron chi connectivity index (χ0n) is 18.5. The number of pyridine rings is 1. The number of hydrogen-bond donors (Lipinski definition) is 1. The molecule has 0 bridgehead atoms. The van der Waals surface area contributed by atoms with Crippen molar-refractivity contribution in [1.82, 2.24) is 14.8 Å². The summed E-state index contributed by atoms with van der Waals surface area (Å²) in [6, 6.07) is 9.67. The Labute approximate surface area is 193 Å². The lowest BCUT2D eigenvalue weighted by Crippen LogP contribution is -2.48. The fourth-order valence-electron chi connectivity index (χ4n) is 4.94. The number of likely N-dealkylation sites (N-methyl/N-ethyl adjacent to an activating group) is 1. The highest BCUT2D eigenvalue weighted by atomic mass is 32.1. The van der Waals surface area contributed by atoms with Gasteiger partial charge in [-0.25, -0.2) is 0 Å². The summed E-state index contributed by atoms with van der Waals surface area (Å²) >= 11 is 1.74. The molecule has 4 heterocycles. The predicted octanol–water partition coefficient (Wildman–Crippen LogP) is 4.59. The zero-order valence-corrected chi connectivity index (χ0v) is 19.4. The van der Waals surface area contributed by atoms with E-state index in [4.69, 9.17) is 9.40 Å². The fourth-order valence-corrected chi connectivity index (χ4v) is 6.25. The first-order chi connectivity index (χ1) is 15.7. The number of piperazine rings is 1. The van der Waals surface area contributed by atoms with E-state index in [0.29, 0.717) is 5.76 Å². The Morgan fingerprint density at radius 2 is 2.00 bits per heavy atom. The summed E-state index contributed by atoms with van der Waals surface area (Å²) in [7, 11) is 0. The second-order valence-electron chi connectivity index (χ2n) is 8.51. The Morgan fingerprint density at radius 1 is 1.16 bits per heavy atom. The number of aryl methyl sites for hydroxylation is 1. The molecule has 1 aliphatic heterocycles. The number of hydrogen-bond acceptors (Lipinski definition) is 6. The highest BCUT2D eigenvalue weighted by Crippen LogP contribution is 2.45. The third-order valence-electron chi connectivity index (χ3n) is 6.64. The standard InChI is InChI=1S/C25H30N4O2S/c1-2-28-13-15-29(16-14-28)23(19-9-5-6-12-26-19)22-18-8-3-4-11-21(18)32-25(22)27-24(30)20-10-7-17-31-20/h5-7,9-10,12,17,23H,2-4,8,11,13-16H2,1H3,(H,27,30)/t23-/m1/s1. The molecule has 1 fully saturated rings. The van der Waals surface area contributed by atoms with Crippen LogP contribution in [0, 0.1) is 0 Å². The number of carbonyl (C=O) groups is 1. The quantitative estimate of drug-likeness (QED) is 0.595. The topological polar surface area (TPSA) is 61.6 Å². The number of rotatable bonds is 6. The van der Waals surface area contributed by atoms with Gasteiger partial charge in [0.25, 0.3) is 5.91 Å². The largest absolute Gasteiger partial charge is 0.459 e. The first kappa shape index (κ1) is 21.4. The number of nitrogens with one attached hydrogen (secondary N) is 1. The maximum Gasteiger partial charge on any atom is 0.291 e. The molecule has 3 aromatic rings. The summed E-state index contributed by atoms with van der Waals surface area (Å²) < 4.78 is 5.36. The molecule has 5 rings (SSSR count). The maximum atomic E-state index is 12.9. The van der Waals surface area contributed by atoms with E-state index in [9.17, 15) is 4.79 Å². The van der Waals surface area contributed by atoms with Crippen molar-refractivity contribution in [2.45, 2.75) is 38.6 Å². The van der Waals surface area contributed by atoms with E-state index in [2.05, 4.69) is 34.2 Å². The molecule has 0 radical (unpaired) electrons. The first-order valence-electron chi connectivity index (χ1n) is 11.6. The second-order valence-corrected chi connectivity index (χ2v) is 9.62. The van der Waals surface area contributed by atoms with Gasteiger partial charge < -0.3 is 14.6 Å². The van der Waals surface area contributed by atoms with Crippen LogP contribution in [0.25, 0.3) is 0 Å². The molecular formula is C25H30N4O2S. The van der Waals surface area contributed by atoms with Crippen molar-refractivity contribution >= 4 is 22.2 Å². The molecule has 0 unspecified atom stereocenters. The number of nitrogens with zero attached hydrogens (tertiary/aromatic N) is 3. The Balaban J connectivity index is 1.57. The molecular weight excluding hydrogens is 420 g/mol. The summed E-state index contributed by atoms with van der Waals surface area (Å²) in [5, 5.41) is 4.15. The van der Waals surface area contributed by atoms with E-state index >= 15 is 0 Å². The minimum Gasteiger partial charge on any atom is -0.459 e. The van der Waals surface area contributed by atoms with Crippen LogP contribution in [0.2, 0.25) is 0 Å². The van der Waals surface area contributed by atoms with Gasteiger partial charge in [0.2, 0.25) is 0 Å². The molecule has 7 heteroatoms. The summed E-state index contributed by atoms with van der Waals surface area (Å²) in [5.41, 5.74) is 3.72. The van der Waals surface area contributed by atoms with Crippen LogP contribution in [0.3, 0.4) is 0 Å². The monoisotopic (exact) mass is 450 g/mol. The molecule has 1 aliphatic carbocycles. The number of thiophene rings is 1. The van der Waals surface area contributed by atoms with Crippen LogP contribution in [-0.4, -0.2) is 53.4 Å². The normalized spacial score (nSPS) is 18.3. The summed E-state index contributed by atoms with van der Waals surface area (Å²) in [5.74, 6) is 0.152. The van der Waals surface area contributed by atoms with E-state index in [1.165, 1.54) is 28.8 Å². The Hall–Kier alpha value is -2.48. The zero-order chi connectivity index (χ0) is 21.9. The average molecular weight is 451 g/mol. The van der Waals surface area contributed by atoms with Gasteiger partial charge in [0.05, 0.1) is 18.0 Å². The van der Waals surface area contributed by atoms with Gasteiger partial charge >= 0.3 is 0 Å². The number of anilines is 1. The Kier molecular flexibility index (Phi) is 6.39. The molecule has 32 heavy (non-hydrogen) atoms. The van der Waals surface area contributed by atoms with Crippen molar-refractivity contribution < 1.29 is 9.21 Å². The number of amides is 1. The number of furan rings is 1. The molecule has 1 saturated heterocycles. The van der Waals surface area contributed by atoms with Crippen LogP contribution in [-0.2, 0) is 12.8 Å². The molecule has 1 N–H and O–H groups in total. The molecule has 0 spiro atoms. The van der Waals surface area contributed by atoms with E-state index in [1.807, 2.05) is 12.3 Å². The minimum absolute atomic E-state index is 0.0419. The third kappa shape index (κ3) is 4.25. The van der Waals surface area contributed by atoms with Crippen molar-refractivity contribution in [3.05, 3.63) is 70.3 Å². The lowest BCUT2D eigenvalue weighted by atomic mass is 9.90. The van der Waals surface area contributed by atoms with Gasteiger partial charge in [0.15, 0.2) is 5.76 Å². The molecule has 1 amide bonds. The molecule has 1 atom stereocenters. The van der Waals surface area contributed by atoms with Crippen molar-refractivity contribution in [3.63, 3.8) is 0 Å². The number of aromatic nitrogens is 1. The number of fused-ring (bicyclic) bond motifs is 1. The van der Waals surface area contributed by atoms with Gasteiger partial charge in [-0.1, -0.05) is 13.0 Å². The van der Waals surface area contributed by atoms with Gasteiger partial charge in [-0.2, -0.15) is 0 Å². The average Bonchev–Trinajstić information content (AvgIpc) is 3.50. The molecule has 0 saturated carbocycles. The summed E-state index contributed by atoms with van der Waals surface area (Å²) in [6.07, 6.45) is 7.98. The van der Waals surface area contributed by atoms with Crippen LogP contribution in [0.15, 0.2) is 47.2 Å². The minimum atomic E-state index is -0.189. The lowest BCUT2D eigenvalue weighted by molar-refractivity contribution is 0.0995. The van der Waals surface area contributed by atoms with E-state index in [0.717, 1.165) is 56.3 Å². The SMILES string of the molecule is CCN1CCN([C@H](c2ccccn2)c2c(NC(=O)c3ccco3)sc3c2CCCC3)CC1. The van der Waals surface area contributed by atoms with Crippen molar-refractivity contribution in [3.8, 4) is 0 Å². The van der Waals surface area contributed by atoms with Crippen LogP contribution in [0.1, 0.15) is 58.1 Å². The maximum absolute atomic E-state index is 12.9. The molecule has 168 valence electrons. The summed E-state index contributed by atoms with van der Waals surface area (Å²) in [6.45, 7) is 7.40. The van der Waals surface area contributed by atoms with Crippen LogP contribution < -0.4 is 5.32 Å². The fraction of sp³-hybridized carbons (Fsp3) is 0.440. The van der Waals surface area contributed by atoms with E-state index in [1.54, 1.807) is 29.7 Å². The van der Waals surface area contributed by atoms with Crippen LogP contribution in [0.5, 0.6) is 0 Å². The van der Waals surface area contributed by atoms with Gasteiger partial charge in [-0.3, -0.25) is 14.7 Å². The third-order valence-corrected chi connectivity index (χ3v) is 7.87. The molecule has 3 aromatic heterocycles.